The van der Waals surface area contributed by atoms with Crippen LogP contribution in [0.15, 0.2) is 42.5 Å². The number of nitrogens with one attached hydrogen (secondary N) is 1. The van der Waals surface area contributed by atoms with Gasteiger partial charge >= 0.3 is 0 Å². The maximum Gasteiger partial charge on any atom is 0.251 e. The van der Waals surface area contributed by atoms with Gasteiger partial charge in [0.2, 0.25) is 0 Å². The molecule has 0 atom stereocenters. The van der Waals surface area contributed by atoms with Crippen LogP contribution in [0.5, 0.6) is 0 Å². The van der Waals surface area contributed by atoms with Crippen molar-refractivity contribution in [3.8, 4) is 0 Å². The molecule has 0 aliphatic rings. The molecule has 0 aliphatic carbocycles. The first-order valence-electron chi connectivity index (χ1n) is 6.29. The Bertz CT molecular complexity index is 610. The highest BCUT2D eigenvalue weighted by Crippen LogP contribution is 2.18. The Morgan fingerprint density at radius 3 is 2.45 bits per heavy atom. The van der Waals surface area contributed by atoms with Crippen molar-refractivity contribution in [3.63, 3.8) is 0 Å². The highest BCUT2D eigenvalue weighted by atomic mass is 79.9. The van der Waals surface area contributed by atoms with Crippen LogP contribution in [0.3, 0.4) is 0 Å². The van der Waals surface area contributed by atoms with E-state index in [0.717, 1.165) is 16.5 Å². The summed E-state index contributed by atoms with van der Waals surface area (Å²) in [6.45, 7) is 2.36. The van der Waals surface area contributed by atoms with Gasteiger partial charge < -0.3 is 5.32 Å². The summed E-state index contributed by atoms with van der Waals surface area (Å²) in [7, 11) is 0. The summed E-state index contributed by atoms with van der Waals surface area (Å²) >= 11 is 9.43. The lowest BCUT2D eigenvalue weighted by atomic mass is 10.1. The molecule has 2 aromatic carbocycles. The smallest absolute Gasteiger partial charge is 0.251 e. The van der Waals surface area contributed by atoms with Crippen molar-refractivity contribution in [3.05, 3.63) is 69.7 Å². The lowest BCUT2D eigenvalue weighted by Crippen LogP contribution is -2.23. The first-order chi connectivity index (χ1) is 9.61. The van der Waals surface area contributed by atoms with Crippen LogP contribution in [0.4, 0.5) is 0 Å². The maximum absolute atomic E-state index is 12.1. The van der Waals surface area contributed by atoms with Crippen LogP contribution in [-0.2, 0) is 11.9 Å². The first-order valence-corrected chi connectivity index (χ1v) is 7.79. The van der Waals surface area contributed by atoms with Gasteiger partial charge in [-0.3, -0.25) is 4.79 Å². The second-order valence-corrected chi connectivity index (χ2v) is 5.51. The van der Waals surface area contributed by atoms with Crippen LogP contribution in [-0.4, -0.2) is 5.91 Å². The number of benzene rings is 2. The van der Waals surface area contributed by atoms with Gasteiger partial charge in [-0.25, -0.2) is 0 Å². The Morgan fingerprint density at radius 2 is 1.80 bits per heavy atom. The molecule has 0 aromatic heterocycles. The molecule has 0 spiro atoms. The summed E-state index contributed by atoms with van der Waals surface area (Å²) in [6.07, 6.45) is 0. The molecular weight excluding hydrogens is 338 g/mol. The van der Waals surface area contributed by atoms with Gasteiger partial charge in [0.25, 0.3) is 5.91 Å². The molecule has 0 aliphatic heterocycles. The van der Waals surface area contributed by atoms with Crippen LogP contribution in [0.2, 0.25) is 5.02 Å². The topological polar surface area (TPSA) is 29.1 Å². The quantitative estimate of drug-likeness (QED) is 0.808. The van der Waals surface area contributed by atoms with Crippen molar-refractivity contribution in [1.82, 2.24) is 5.32 Å². The molecule has 0 fully saturated rings. The molecule has 0 saturated carbocycles. The minimum absolute atomic E-state index is 0.102. The summed E-state index contributed by atoms with van der Waals surface area (Å²) in [5, 5.41) is 4.36. The van der Waals surface area contributed by atoms with Gasteiger partial charge in [0, 0.05) is 22.5 Å². The fraction of sp³-hybridized carbons (Fsp3) is 0.188. The Labute approximate surface area is 132 Å². The molecule has 0 bridgehead atoms. The summed E-state index contributed by atoms with van der Waals surface area (Å²) in [4.78, 5) is 12.1. The molecule has 0 radical (unpaired) electrons. The third-order valence-corrected chi connectivity index (χ3v) is 4.20. The van der Waals surface area contributed by atoms with E-state index < -0.39 is 0 Å². The average Bonchev–Trinajstić information content (AvgIpc) is 2.48. The predicted molar refractivity (Wildman–Crippen MR) is 86.4 cm³/mol. The molecule has 2 aromatic rings. The van der Waals surface area contributed by atoms with Crippen LogP contribution < -0.4 is 5.32 Å². The van der Waals surface area contributed by atoms with Crippen molar-refractivity contribution < 1.29 is 4.79 Å². The molecule has 4 heteroatoms. The van der Waals surface area contributed by atoms with Gasteiger partial charge in [-0.15, -0.1) is 0 Å². The van der Waals surface area contributed by atoms with Gasteiger partial charge in [0.05, 0.1) is 0 Å². The van der Waals surface area contributed by atoms with E-state index in [4.69, 9.17) is 11.6 Å². The van der Waals surface area contributed by atoms with Crippen molar-refractivity contribution in [2.45, 2.75) is 18.8 Å². The molecule has 0 unspecified atom stereocenters. The van der Waals surface area contributed by atoms with Crippen molar-refractivity contribution in [2.75, 3.05) is 0 Å². The fourth-order valence-electron chi connectivity index (χ4n) is 1.88. The van der Waals surface area contributed by atoms with E-state index in [1.165, 1.54) is 5.56 Å². The molecule has 2 rings (SSSR count). The van der Waals surface area contributed by atoms with E-state index in [2.05, 4.69) is 21.2 Å². The van der Waals surface area contributed by atoms with E-state index in [-0.39, 0.29) is 5.91 Å². The largest absolute Gasteiger partial charge is 0.348 e. The average molecular weight is 353 g/mol. The molecule has 20 heavy (non-hydrogen) atoms. The SMILES string of the molecule is Cc1c(Cl)cccc1C(=O)NCc1ccc(CBr)cc1. The molecule has 2 nitrogen and oxygen atoms in total. The van der Waals surface area contributed by atoms with Crippen molar-refractivity contribution in [2.24, 2.45) is 0 Å². The van der Waals surface area contributed by atoms with Gasteiger partial charge in [0.1, 0.15) is 0 Å². The zero-order valence-corrected chi connectivity index (χ0v) is 13.5. The number of halogens is 2. The Hall–Kier alpha value is -1.32. The number of carbonyl (C=O) groups excluding carboxylic acids is 1. The number of hydrogen-bond acceptors (Lipinski definition) is 1. The summed E-state index contributed by atoms with van der Waals surface area (Å²) in [6, 6.07) is 13.5. The normalized spacial score (nSPS) is 10.3. The lowest BCUT2D eigenvalue weighted by molar-refractivity contribution is 0.0950. The van der Waals surface area contributed by atoms with Gasteiger partial charge in [-0.2, -0.15) is 0 Å². The Balaban J connectivity index is 2.02. The fourth-order valence-corrected chi connectivity index (χ4v) is 2.43. The third kappa shape index (κ3) is 3.62. The molecular formula is C16H15BrClNO. The molecule has 1 N–H and O–H groups in total. The van der Waals surface area contributed by atoms with Crippen LogP contribution in [0.1, 0.15) is 27.0 Å². The second kappa shape index (κ2) is 6.91. The van der Waals surface area contributed by atoms with E-state index in [9.17, 15) is 4.79 Å². The Morgan fingerprint density at radius 1 is 1.15 bits per heavy atom. The molecule has 0 saturated heterocycles. The van der Waals surface area contributed by atoms with Crippen molar-refractivity contribution >= 4 is 33.4 Å². The molecule has 104 valence electrons. The standard InChI is InChI=1S/C16H15BrClNO/c1-11-14(3-2-4-15(11)18)16(20)19-10-13-7-5-12(9-17)6-8-13/h2-8H,9-10H2,1H3,(H,19,20). The van der Waals surface area contributed by atoms with Crippen molar-refractivity contribution in [1.29, 1.82) is 0 Å². The van der Waals surface area contributed by atoms with Crippen LogP contribution in [0.25, 0.3) is 0 Å². The number of amides is 1. The predicted octanol–water partition coefficient (Wildman–Crippen LogP) is 4.47. The van der Waals surface area contributed by atoms with E-state index in [1.807, 2.05) is 31.2 Å². The minimum atomic E-state index is -0.102. The van der Waals surface area contributed by atoms with E-state index in [1.54, 1.807) is 18.2 Å². The summed E-state index contributed by atoms with van der Waals surface area (Å²) in [5.41, 5.74) is 3.71. The maximum atomic E-state index is 12.1. The van der Waals surface area contributed by atoms with Gasteiger partial charge in [0.15, 0.2) is 0 Å². The monoisotopic (exact) mass is 351 g/mol. The lowest BCUT2D eigenvalue weighted by Gasteiger charge is -2.09. The van der Waals surface area contributed by atoms with Crippen LogP contribution in [0, 0.1) is 6.92 Å². The zero-order valence-electron chi connectivity index (χ0n) is 11.1. The van der Waals surface area contributed by atoms with E-state index in [0.29, 0.717) is 17.1 Å². The Kier molecular flexibility index (Phi) is 5.21. The summed E-state index contributed by atoms with van der Waals surface area (Å²) < 4.78 is 0. The molecule has 0 heterocycles. The number of carbonyl (C=O) groups is 1. The van der Waals surface area contributed by atoms with E-state index >= 15 is 0 Å². The number of hydrogen-bond donors (Lipinski definition) is 1. The highest BCUT2D eigenvalue weighted by molar-refractivity contribution is 9.08. The third-order valence-electron chi connectivity index (χ3n) is 3.14. The zero-order chi connectivity index (χ0) is 14.5. The second-order valence-electron chi connectivity index (χ2n) is 4.55. The van der Waals surface area contributed by atoms with Gasteiger partial charge in [-0.05, 0) is 35.7 Å². The van der Waals surface area contributed by atoms with Crippen LogP contribution >= 0.6 is 27.5 Å². The minimum Gasteiger partial charge on any atom is -0.348 e. The first kappa shape index (κ1) is 15.1. The summed E-state index contributed by atoms with van der Waals surface area (Å²) in [5.74, 6) is -0.102. The number of alkyl halides is 1. The number of rotatable bonds is 4. The van der Waals surface area contributed by atoms with Gasteiger partial charge in [-0.1, -0.05) is 57.9 Å². The highest BCUT2D eigenvalue weighted by Gasteiger charge is 2.10. The molecule has 1 amide bonds.